The average Bonchev–Trinajstić information content (AvgIpc) is 2.07. The first-order chi connectivity index (χ1) is 7.38. The summed E-state index contributed by atoms with van der Waals surface area (Å²) in [6.07, 6.45) is 4.51. The number of β-amino-alcohol motifs (C(OH)–C–C–N with tert-alkyl or cyclic N) is 1. The molecule has 1 N–H and O–H groups in total. The van der Waals surface area contributed by atoms with Gasteiger partial charge in [0.2, 0.25) is 0 Å². The number of carbonyl (C=O) groups excluding carboxylic acids is 1. The number of aliphatic hydroxyl groups excluding tert-OH is 1. The highest BCUT2D eigenvalue weighted by Gasteiger charge is 2.23. The van der Waals surface area contributed by atoms with Gasteiger partial charge in [-0.15, -0.1) is 0 Å². The largest absolute Gasteiger partial charge is 0.444 e. The first kappa shape index (κ1) is 13.0. The van der Waals surface area contributed by atoms with Gasteiger partial charge < -0.3 is 14.7 Å². The molecule has 0 aromatic rings. The molecule has 0 spiro atoms. The zero-order chi connectivity index (χ0) is 12.2. The van der Waals surface area contributed by atoms with Crippen LogP contribution in [0.5, 0.6) is 0 Å². The van der Waals surface area contributed by atoms with E-state index in [-0.39, 0.29) is 6.09 Å². The molecule has 1 atom stereocenters. The summed E-state index contributed by atoms with van der Waals surface area (Å²) in [6.45, 7) is 6.46. The Labute approximate surface area is 96.9 Å². The number of amides is 1. The lowest BCUT2D eigenvalue weighted by Gasteiger charge is -2.29. The van der Waals surface area contributed by atoms with Gasteiger partial charge in [-0.3, -0.25) is 0 Å². The van der Waals surface area contributed by atoms with E-state index < -0.39 is 11.7 Å². The quantitative estimate of drug-likeness (QED) is 0.643. The molecule has 0 fully saturated rings. The topological polar surface area (TPSA) is 49.8 Å². The minimum absolute atomic E-state index is 0.346. The minimum Gasteiger partial charge on any atom is -0.444 e. The molecule has 1 aliphatic heterocycles. The molecular formula is C12H21NO3. The van der Waals surface area contributed by atoms with Crippen LogP contribution in [0.15, 0.2) is 12.2 Å². The van der Waals surface area contributed by atoms with Crippen LogP contribution >= 0.6 is 0 Å². The lowest BCUT2D eigenvalue weighted by molar-refractivity contribution is 0.0148. The summed E-state index contributed by atoms with van der Waals surface area (Å²) in [4.78, 5) is 13.4. The van der Waals surface area contributed by atoms with E-state index in [1.165, 1.54) is 0 Å². The highest BCUT2D eigenvalue weighted by atomic mass is 16.6. The summed E-state index contributed by atoms with van der Waals surface area (Å²) in [7, 11) is 0. The van der Waals surface area contributed by atoms with Crippen LogP contribution in [0.1, 0.15) is 33.6 Å². The lowest BCUT2D eigenvalue weighted by Crippen LogP contribution is -2.41. The molecular weight excluding hydrogens is 206 g/mol. The fourth-order valence-electron chi connectivity index (χ4n) is 1.51. The number of hydrogen-bond donors (Lipinski definition) is 1. The minimum atomic E-state index is -0.496. The van der Waals surface area contributed by atoms with Crippen LogP contribution in [0.4, 0.5) is 4.79 Å². The third-order valence-electron chi connectivity index (χ3n) is 2.22. The predicted octanol–water partition coefficient (Wildman–Crippen LogP) is 1.93. The van der Waals surface area contributed by atoms with Crippen LogP contribution in [0.3, 0.4) is 0 Å². The first-order valence-corrected chi connectivity index (χ1v) is 5.69. The Morgan fingerprint density at radius 1 is 1.44 bits per heavy atom. The molecule has 0 aromatic carbocycles. The maximum absolute atomic E-state index is 11.8. The molecule has 4 nitrogen and oxygen atoms in total. The average molecular weight is 227 g/mol. The van der Waals surface area contributed by atoms with Gasteiger partial charge in [0.05, 0.1) is 12.6 Å². The highest BCUT2D eigenvalue weighted by molar-refractivity contribution is 5.68. The maximum atomic E-state index is 11.8. The molecule has 92 valence electrons. The number of hydrogen-bond acceptors (Lipinski definition) is 3. The van der Waals surface area contributed by atoms with Crippen molar-refractivity contribution < 1.29 is 14.6 Å². The van der Waals surface area contributed by atoms with Crippen molar-refractivity contribution >= 4 is 6.09 Å². The van der Waals surface area contributed by atoms with Crippen LogP contribution in [-0.4, -0.2) is 40.9 Å². The summed E-state index contributed by atoms with van der Waals surface area (Å²) < 4.78 is 5.27. The molecule has 1 heterocycles. The van der Waals surface area contributed by atoms with Gasteiger partial charge >= 0.3 is 6.09 Å². The van der Waals surface area contributed by atoms with Gasteiger partial charge in [-0.2, -0.15) is 0 Å². The van der Waals surface area contributed by atoms with E-state index in [4.69, 9.17) is 4.74 Å². The van der Waals surface area contributed by atoms with Crippen molar-refractivity contribution in [3.8, 4) is 0 Å². The number of rotatable bonds is 0. The van der Waals surface area contributed by atoms with Crippen LogP contribution in [0, 0.1) is 0 Å². The maximum Gasteiger partial charge on any atom is 0.410 e. The smallest absolute Gasteiger partial charge is 0.410 e. The second-order valence-corrected chi connectivity index (χ2v) is 5.08. The van der Waals surface area contributed by atoms with Crippen molar-refractivity contribution in [3.05, 3.63) is 12.2 Å². The van der Waals surface area contributed by atoms with Crippen LogP contribution < -0.4 is 0 Å². The Balaban J connectivity index is 2.56. The SMILES string of the molecule is CC(C)(C)OC(=O)N1CC/C=C\CC(O)C1. The lowest BCUT2D eigenvalue weighted by atomic mass is 10.1. The highest BCUT2D eigenvalue weighted by Crippen LogP contribution is 2.12. The second kappa shape index (κ2) is 5.34. The van der Waals surface area contributed by atoms with Crippen molar-refractivity contribution in [1.82, 2.24) is 4.90 Å². The van der Waals surface area contributed by atoms with Crippen molar-refractivity contribution in [2.75, 3.05) is 13.1 Å². The van der Waals surface area contributed by atoms with Crippen LogP contribution in [0.25, 0.3) is 0 Å². The van der Waals surface area contributed by atoms with Gasteiger partial charge in [0.15, 0.2) is 0 Å². The summed E-state index contributed by atoms with van der Waals surface area (Å²) >= 11 is 0. The Kier molecular flexibility index (Phi) is 4.35. The zero-order valence-corrected chi connectivity index (χ0v) is 10.3. The van der Waals surface area contributed by atoms with E-state index in [0.29, 0.717) is 19.5 Å². The Bertz CT molecular complexity index is 268. The van der Waals surface area contributed by atoms with Crippen molar-refractivity contribution in [3.63, 3.8) is 0 Å². The summed E-state index contributed by atoms with van der Waals surface area (Å²) in [6, 6.07) is 0. The van der Waals surface area contributed by atoms with Crippen molar-refractivity contribution in [2.45, 2.75) is 45.3 Å². The standard InChI is InChI=1S/C12H21NO3/c1-12(2,3)16-11(15)13-8-6-4-5-7-10(14)9-13/h4-5,10,14H,6-9H2,1-3H3/b5-4-. The predicted molar refractivity (Wildman–Crippen MR) is 62.2 cm³/mol. The zero-order valence-electron chi connectivity index (χ0n) is 10.3. The summed E-state index contributed by atoms with van der Waals surface area (Å²) in [5.74, 6) is 0. The molecule has 1 amide bonds. The number of nitrogens with zero attached hydrogens (tertiary/aromatic N) is 1. The van der Waals surface area contributed by atoms with Crippen LogP contribution in [0.2, 0.25) is 0 Å². The van der Waals surface area contributed by atoms with Gasteiger partial charge in [0.25, 0.3) is 0 Å². The Morgan fingerprint density at radius 2 is 2.12 bits per heavy atom. The Morgan fingerprint density at radius 3 is 2.75 bits per heavy atom. The van der Waals surface area contributed by atoms with E-state index in [9.17, 15) is 9.90 Å². The molecule has 0 saturated heterocycles. The molecule has 0 aliphatic carbocycles. The Hall–Kier alpha value is -1.03. The van der Waals surface area contributed by atoms with E-state index in [0.717, 1.165) is 6.42 Å². The summed E-state index contributed by atoms with van der Waals surface area (Å²) in [5.41, 5.74) is -0.486. The van der Waals surface area contributed by atoms with Crippen LogP contribution in [-0.2, 0) is 4.74 Å². The summed E-state index contributed by atoms with van der Waals surface area (Å²) in [5, 5.41) is 9.63. The van der Waals surface area contributed by atoms with Crippen molar-refractivity contribution in [2.24, 2.45) is 0 Å². The fourth-order valence-corrected chi connectivity index (χ4v) is 1.51. The molecule has 0 bridgehead atoms. The van der Waals surface area contributed by atoms with E-state index in [1.54, 1.807) is 4.90 Å². The van der Waals surface area contributed by atoms with Gasteiger partial charge in [-0.1, -0.05) is 12.2 Å². The van der Waals surface area contributed by atoms with Crippen molar-refractivity contribution in [1.29, 1.82) is 0 Å². The number of ether oxygens (including phenoxy) is 1. The monoisotopic (exact) mass is 227 g/mol. The molecule has 1 unspecified atom stereocenters. The van der Waals surface area contributed by atoms with Gasteiger partial charge in [-0.25, -0.2) is 4.79 Å². The number of carbonyl (C=O) groups is 1. The molecule has 16 heavy (non-hydrogen) atoms. The van der Waals surface area contributed by atoms with E-state index in [2.05, 4.69) is 0 Å². The third kappa shape index (κ3) is 4.66. The number of aliphatic hydroxyl groups is 1. The normalized spacial score (nSPS) is 24.5. The molecule has 4 heteroatoms. The van der Waals surface area contributed by atoms with E-state index >= 15 is 0 Å². The van der Waals surface area contributed by atoms with E-state index in [1.807, 2.05) is 32.9 Å². The second-order valence-electron chi connectivity index (χ2n) is 5.08. The molecule has 1 aliphatic rings. The fraction of sp³-hybridized carbons (Fsp3) is 0.750. The third-order valence-corrected chi connectivity index (χ3v) is 2.22. The first-order valence-electron chi connectivity index (χ1n) is 5.69. The van der Waals surface area contributed by atoms with Gasteiger partial charge in [-0.05, 0) is 33.6 Å². The van der Waals surface area contributed by atoms with Gasteiger partial charge in [0, 0.05) is 6.54 Å². The molecule has 1 rings (SSSR count). The molecule has 0 radical (unpaired) electrons. The molecule has 0 aromatic heterocycles. The molecule has 0 saturated carbocycles. The van der Waals surface area contributed by atoms with Gasteiger partial charge in [0.1, 0.15) is 5.60 Å².